The number of piperazine rings is 1. The average molecular weight is 348 g/mol. The summed E-state index contributed by atoms with van der Waals surface area (Å²) < 4.78 is 0. The third kappa shape index (κ3) is 6.49. The Labute approximate surface area is 151 Å². The summed E-state index contributed by atoms with van der Waals surface area (Å²) >= 11 is 0. The molecule has 1 aromatic rings. The summed E-state index contributed by atoms with van der Waals surface area (Å²) in [7, 11) is 1.83. The van der Waals surface area contributed by atoms with Crippen molar-refractivity contribution >= 4 is 11.9 Å². The summed E-state index contributed by atoms with van der Waals surface area (Å²) in [5, 5.41) is 6.86. The zero-order valence-corrected chi connectivity index (χ0v) is 15.9. The van der Waals surface area contributed by atoms with E-state index in [0.29, 0.717) is 5.92 Å². The fourth-order valence-corrected chi connectivity index (χ4v) is 3.00. The Morgan fingerprint density at radius 3 is 2.40 bits per heavy atom. The molecule has 2 N–H and O–H groups in total. The zero-order valence-electron chi connectivity index (χ0n) is 15.9. The predicted octanol–water partition coefficient (Wildman–Crippen LogP) is 1.20. The first kappa shape index (κ1) is 19.4. The Kier molecular flexibility index (Phi) is 8.45. The molecule has 0 amide bonds. The Balaban J connectivity index is 1.64. The van der Waals surface area contributed by atoms with Gasteiger partial charge in [0.1, 0.15) is 0 Å². The van der Waals surface area contributed by atoms with Gasteiger partial charge < -0.3 is 15.5 Å². The maximum atomic E-state index is 4.33. The normalized spacial score (nSPS) is 16.3. The summed E-state index contributed by atoms with van der Waals surface area (Å²) in [5.74, 6) is 2.46. The van der Waals surface area contributed by atoms with Crippen LogP contribution >= 0.6 is 0 Å². The highest BCUT2D eigenvalue weighted by Gasteiger charge is 2.18. The Morgan fingerprint density at radius 2 is 1.80 bits per heavy atom. The van der Waals surface area contributed by atoms with E-state index >= 15 is 0 Å². The van der Waals surface area contributed by atoms with Gasteiger partial charge in [0.05, 0.1) is 0 Å². The molecular formula is C18H33N7. The second kappa shape index (κ2) is 10.9. The number of hydrogen-bond donors (Lipinski definition) is 2. The van der Waals surface area contributed by atoms with Crippen molar-refractivity contribution in [2.45, 2.75) is 26.7 Å². The van der Waals surface area contributed by atoms with Crippen LogP contribution in [0.15, 0.2) is 23.5 Å². The van der Waals surface area contributed by atoms with Crippen LogP contribution in [0.2, 0.25) is 0 Å². The second-order valence-corrected chi connectivity index (χ2v) is 6.44. The third-order valence-electron chi connectivity index (χ3n) is 4.86. The van der Waals surface area contributed by atoms with E-state index in [1.54, 1.807) is 12.4 Å². The van der Waals surface area contributed by atoms with Gasteiger partial charge >= 0.3 is 0 Å². The number of aliphatic imine (C=N–C) groups is 1. The van der Waals surface area contributed by atoms with Gasteiger partial charge in [0.25, 0.3) is 0 Å². The molecular weight excluding hydrogens is 314 g/mol. The van der Waals surface area contributed by atoms with Crippen LogP contribution in [0.4, 0.5) is 5.95 Å². The van der Waals surface area contributed by atoms with E-state index in [0.717, 1.165) is 57.7 Å². The Bertz CT molecular complexity index is 493. The van der Waals surface area contributed by atoms with Gasteiger partial charge in [0.2, 0.25) is 5.95 Å². The van der Waals surface area contributed by atoms with Crippen LogP contribution in [-0.2, 0) is 0 Å². The number of anilines is 1. The summed E-state index contributed by atoms with van der Waals surface area (Å²) in [5.41, 5.74) is 0. The summed E-state index contributed by atoms with van der Waals surface area (Å²) in [4.78, 5) is 17.7. The molecule has 7 heteroatoms. The third-order valence-corrected chi connectivity index (χ3v) is 4.86. The number of aromatic nitrogens is 2. The smallest absolute Gasteiger partial charge is 0.225 e. The summed E-state index contributed by atoms with van der Waals surface area (Å²) in [6.07, 6.45) is 6.02. The first-order valence-corrected chi connectivity index (χ1v) is 9.45. The van der Waals surface area contributed by atoms with E-state index in [1.165, 1.54) is 12.8 Å². The molecule has 0 spiro atoms. The van der Waals surface area contributed by atoms with E-state index in [2.05, 4.69) is 49.2 Å². The predicted molar refractivity (Wildman–Crippen MR) is 104 cm³/mol. The maximum Gasteiger partial charge on any atom is 0.225 e. The molecule has 0 radical (unpaired) electrons. The molecule has 2 heterocycles. The van der Waals surface area contributed by atoms with Crippen molar-refractivity contribution in [3.63, 3.8) is 0 Å². The van der Waals surface area contributed by atoms with Crippen LogP contribution in [0.3, 0.4) is 0 Å². The quantitative estimate of drug-likeness (QED) is 0.544. The van der Waals surface area contributed by atoms with Gasteiger partial charge in [-0.15, -0.1) is 0 Å². The highest BCUT2D eigenvalue weighted by molar-refractivity contribution is 5.79. The van der Waals surface area contributed by atoms with Crippen molar-refractivity contribution in [1.29, 1.82) is 0 Å². The molecule has 1 fully saturated rings. The monoisotopic (exact) mass is 347 g/mol. The minimum absolute atomic E-state index is 0.715. The summed E-state index contributed by atoms with van der Waals surface area (Å²) in [6.45, 7) is 11.4. The summed E-state index contributed by atoms with van der Waals surface area (Å²) in [6, 6.07) is 1.86. The standard InChI is InChI=1S/C18H33N7/c1-4-16(5-2)15-23-17(19-3)20-9-10-24-11-13-25(14-12-24)18-21-7-6-8-22-18/h6-8,16H,4-5,9-15H2,1-3H3,(H2,19,20,23). The van der Waals surface area contributed by atoms with Crippen LogP contribution in [0.25, 0.3) is 0 Å². The lowest BCUT2D eigenvalue weighted by Gasteiger charge is -2.34. The second-order valence-electron chi connectivity index (χ2n) is 6.44. The fourth-order valence-electron chi connectivity index (χ4n) is 3.00. The van der Waals surface area contributed by atoms with Crippen LogP contribution < -0.4 is 15.5 Å². The molecule has 1 aliphatic rings. The molecule has 1 saturated heterocycles. The lowest BCUT2D eigenvalue weighted by atomic mass is 10.0. The molecule has 7 nitrogen and oxygen atoms in total. The van der Waals surface area contributed by atoms with E-state index in [9.17, 15) is 0 Å². The van der Waals surface area contributed by atoms with Crippen molar-refractivity contribution in [3.05, 3.63) is 18.5 Å². The van der Waals surface area contributed by atoms with Gasteiger partial charge in [-0.1, -0.05) is 26.7 Å². The molecule has 2 rings (SSSR count). The molecule has 25 heavy (non-hydrogen) atoms. The average Bonchev–Trinajstić information content (AvgIpc) is 2.68. The largest absolute Gasteiger partial charge is 0.356 e. The Hall–Kier alpha value is -1.89. The minimum atomic E-state index is 0.715. The fraction of sp³-hybridized carbons (Fsp3) is 0.722. The van der Waals surface area contributed by atoms with Gasteiger partial charge in [0.15, 0.2) is 5.96 Å². The number of hydrogen-bond acceptors (Lipinski definition) is 5. The van der Waals surface area contributed by atoms with Crippen LogP contribution in [0.1, 0.15) is 26.7 Å². The van der Waals surface area contributed by atoms with Gasteiger partial charge in [-0.05, 0) is 12.0 Å². The molecule has 0 bridgehead atoms. The van der Waals surface area contributed by atoms with Gasteiger partial charge in [-0.3, -0.25) is 9.89 Å². The van der Waals surface area contributed by atoms with E-state index in [1.807, 2.05) is 13.1 Å². The lowest BCUT2D eigenvalue weighted by molar-refractivity contribution is 0.260. The van der Waals surface area contributed by atoms with E-state index in [4.69, 9.17) is 0 Å². The Morgan fingerprint density at radius 1 is 1.12 bits per heavy atom. The van der Waals surface area contributed by atoms with Crippen LogP contribution in [-0.4, -0.2) is 73.7 Å². The first-order chi connectivity index (χ1) is 12.3. The molecule has 0 atom stereocenters. The highest BCUT2D eigenvalue weighted by atomic mass is 15.3. The highest BCUT2D eigenvalue weighted by Crippen LogP contribution is 2.09. The lowest BCUT2D eigenvalue weighted by Crippen LogP contribution is -2.50. The topological polar surface area (TPSA) is 68.7 Å². The van der Waals surface area contributed by atoms with Gasteiger partial charge in [-0.2, -0.15) is 0 Å². The molecule has 0 aliphatic carbocycles. The molecule has 0 unspecified atom stereocenters. The van der Waals surface area contributed by atoms with Crippen LogP contribution in [0.5, 0.6) is 0 Å². The van der Waals surface area contributed by atoms with Crippen molar-refractivity contribution in [1.82, 2.24) is 25.5 Å². The van der Waals surface area contributed by atoms with E-state index in [-0.39, 0.29) is 0 Å². The number of nitrogens with one attached hydrogen (secondary N) is 2. The van der Waals surface area contributed by atoms with Crippen molar-refractivity contribution in [2.24, 2.45) is 10.9 Å². The molecule has 140 valence electrons. The zero-order chi connectivity index (χ0) is 17.9. The molecule has 0 saturated carbocycles. The number of rotatable bonds is 8. The molecule has 1 aliphatic heterocycles. The first-order valence-electron chi connectivity index (χ1n) is 9.45. The van der Waals surface area contributed by atoms with Gasteiger partial charge in [0, 0.05) is 65.3 Å². The van der Waals surface area contributed by atoms with Crippen molar-refractivity contribution in [3.8, 4) is 0 Å². The number of nitrogens with zero attached hydrogens (tertiary/aromatic N) is 5. The molecule has 1 aromatic heterocycles. The van der Waals surface area contributed by atoms with Crippen molar-refractivity contribution < 1.29 is 0 Å². The minimum Gasteiger partial charge on any atom is -0.356 e. The maximum absolute atomic E-state index is 4.33. The SMILES string of the molecule is CCC(CC)CNC(=NC)NCCN1CCN(c2ncccn2)CC1. The van der Waals surface area contributed by atoms with Gasteiger partial charge in [-0.25, -0.2) is 9.97 Å². The van der Waals surface area contributed by atoms with E-state index < -0.39 is 0 Å². The van der Waals surface area contributed by atoms with Crippen molar-refractivity contribution in [2.75, 3.05) is 57.8 Å². The van der Waals surface area contributed by atoms with Crippen LogP contribution in [0, 0.1) is 5.92 Å². The molecule has 0 aromatic carbocycles. The number of guanidine groups is 1.